The van der Waals surface area contributed by atoms with Crippen molar-refractivity contribution < 1.29 is 14.0 Å². The lowest BCUT2D eigenvalue weighted by Gasteiger charge is -2.18. The fourth-order valence-corrected chi connectivity index (χ4v) is 2.48. The van der Waals surface area contributed by atoms with Crippen molar-refractivity contribution in [3.05, 3.63) is 63.6 Å². The van der Waals surface area contributed by atoms with Crippen LogP contribution < -0.4 is 11.0 Å². The molecule has 124 valence electrons. The Balaban J connectivity index is 1.96. The molecule has 0 radical (unpaired) electrons. The maximum Gasteiger partial charge on any atom is 0.349 e. The van der Waals surface area contributed by atoms with Gasteiger partial charge in [-0.2, -0.15) is 4.98 Å². The predicted octanol–water partition coefficient (Wildman–Crippen LogP) is 1.70. The Labute approximate surface area is 137 Å². The third kappa shape index (κ3) is 3.10. The van der Waals surface area contributed by atoms with E-state index in [1.54, 1.807) is 13.0 Å². The van der Waals surface area contributed by atoms with Crippen molar-refractivity contribution in [3.8, 4) is 0 Å². The van der Waals surface area contributed by atoms with Crippen molar-refractivity contribution in [2.45, 2.75) is 31.8 Å². The van der Waals surface area contributed by atoms with Crippen LogP contribution in [0.15, 0.2) is 35.3 Å². The summed E-state index contributed by atoms with van der Waals surface area (Å²) in [7, 11) is 0. The third-order valence-electron chi connectivity index (χ3n) is 4.06. The third-order valence-corrected chi connectivity index (χ3v) is 4.06. The summed E-state index contributed by atoms with van der Waals surface area (Å²) in [4.78, 5) is 39.7. The van der Waals surface area contributed by atoms with Crippen LogP contribution in [0.2, 0.25) is 0 Å². The number of ketones is 1. The Hall–Kier alpha value is -2.83. The van der Waals surface area contributed by atoms with Gasteiger partial charge >= 0.3 is 5.69 Å². The molecule has 0 aliphatic heterocycles. The number of Topliss-reactive ketones (excluding diaryl/α,β-unsaturated/α-hetero) is 1. The van der Waals surface area contributed by atoms with Crippen molar-refractivity contribution in [3.63, 3.8) is 0 Å². The molecule has 6 nitrogen and oxygen atoms in total. The Bertz CT molecular complexity index is 858. The fraction of sp³-hybridized carbons (Fsp3) is 0.294. The van der Waals surface area contributed by atoms with Gasteiger partial charge in [0.15, 0.2) is 6.17 Å². The van der Waals surface area contributed by atoms with Crippen molar-refractivity contribution in [2.75, 3.05) is 0 Å². The SMILES string of the molecule is Cc1ccc(C(=O)C(NC=O)n2ccc(C3CC3)nc2=O)cc1F. The van der Waals surface area contributed by atoms with E-state index in [0.717, 1.165) is 23.5 Å². The average Bonchev–Trinajstić information content (AvgIpc) is 3.40. The van der Waals surface area contributed by atoms with E-state index < -0.39 is 23.5 Å². The van der Waals surface area contributed by atoms with Crippen molar-refractivity contribution in [1.29, 1.82) is 0 Å². The van der Waals surface area contributed by atoms with Gasteiger partial charge in [0.05, 0.1) is 5.69 Å². The predicted molar refractivity (Wildman–Crippen MR) is 84.2 cm³/mol. The number of nitrogens with zero attached hydrogens (tertiary/aromatic N) is 2. The molecular formula is C17H16FN3O3. The minimum Gasteiger partial charge on any atom is -0.331 e. The van der Waals surface area contributed by atoms with Gasteiger partial charge in [0, 0.05) is 17.7 Å². The van der Waals surface area contributed by atoms with E-state index in [4.69, 9.17) is 0 Å². The van der Waals surface area contributed by atoms with Crippen LogP contribution in [0, 0.1) is 12.7 Å². The van der Waals surface area contributed by atoms with Gasteiger partial charge in [0.1, 0.15) is 5.82 Å². The molecule has 0 spiro atoms. The normalized spacial score (nSPS) is 14.9. The molecule has 1 amide bonds. The molecule has 2 aromatic rings. The summed E-state index contributed by atoms with van der Waals surface area (Å²) in [6.07, 6.45) is 2.49. The topological polar surface area (TPSA) is 81.1 Å². The Morgan fingerprint density at radius 2 is 2.17 bits per heavy atom. The monoisotopic (exact) mass is 329 g/mol. The van der Waals surface area contributed by atoms with Gasteiger partial charge < -0.3 is 5.32 Å². The van der Waals surface area contributed by atoms with Gasteiger partial charge in [-0.15, -0.1) is 0 Å². The van der Waals surface area contributed by atoms with Gasteiger partial charge in [0.2, 0.25) is 12.2 Å². The largest absolute Gasteiger partial charge is 0.349 e. The molecule has 0 saturated heterocycles. The van der Waals surface area contributed by atoms with Crippen LogP contribution in [0.25, 0.3) is 0 Å². The number of aromatic nitrogens is 2. The lowest BCUT2D eigenvalue weighted by molar-refractivity contribution is -0.110. The summed E-state index contributed by atoms with van der Waals surface area (Å²) < 4.78 is 14.7. The van der Waals surface area contributed by atoms with Crippen molar-refractivity contribution >= 4 is 12.2 Å². The first-order chi connectivity index (χ1) is 11.5. The van der Waals surface area contributed by atoms with Crippen LogP contribution in [0.1, 0.15) is 46.5 Å². The number of nitrogens with one attached hydrogen (secondary N) is 1. The molecule has 0 bridgehead atoms. The molecule has 1 aliphatic carbocycles. The second-order valence-corrected chi connectivity index (χ2v) is 5.83. The van der Waals surface area contributed by atoms with E-state index in [-0.39, 0.29) is 5.56 Å². The molecule has 1 unspecified atom stereocenters. The Morgan fingerprint density at radius 1 is 1.42 bits per heavy atom. The Morgan fingerprint density at radius 3 is 2.75 bits per heavy atom. The van der Waals surface area contributed by atoms with Crippen LogP contribution in [0.3, 0.4) is 0 Å². The van der Waals surface area contributed by atoms with Gasteiger partial charge in [-0.05, 0) is 37.5 Å². The molecule has 1 saturated carbocycles. The number of carbonyl (C=O) groups is 2. The number of rotatable bonds is 6. The average molecular weight is 329 g/mol. The molecular weight excluding hydrogens is 313 g/mol. The zero-order valence-electron chi connectivity index (χ0n) is 13.0. The molecule has 24 heavy (non-hydrogen) atoms. The smallest absolute Gasteiger partial charge is 0.331 e. The molecule has 1 fully saturated rings. The molecule has 3 rings (SSSR count). The van der Waals surface area contributed by atoms with Crippen LogP contribution >= 0.6 is 0 Å². The molecule has 1 N–H and O–H groups in total. The van der Waals surface area contributed by atoms with Gasteiger partial charge in [-0.1, -0.05) is 12.1 Å². The second kappa shape index (κ2) is 6.35. The number of hydrogen-bond donors (Lipinski definition) is 1. The Kier molecular flexibility index (Phi) is 4.24. The maximum atomic E-state index is 13.7. The van der Waals surface area contributed by atoms with Gasteiger partial charge in [-0.3, -0.25) is 14.2 Å². The molecule has 1 atom stereocenters. The lowest BCUT2D eigenvalue weighted by atomic mass is 10.1. The van der Waals surface area contributed by atoms with Crippen LogP contribution in [-0.2, 0) is 4.79 Å². The van der Waals surface area contributed by atoms with E-state index in [1.807, 2.05) is 0 Å². The van der Waals surface area contributed by atoms with E-state index in [2.05, 4.69) is 10.3 Å². The van der Waals surface area contributed by atoms with Crippen LogP contribution in [-0.4, -0.2) is 21.7 Å². The number of carbonyl (C=O) groups excluding carboxylic acids is 2. The van der Waals surface area contributed by atoms with Crippen molar-refractivity contribution in [2.24, 2.45) is 0 Å². The number of amides is 1. The fourth-order valence-electron chi connectivity index (χ4n) is 2.48. The first-order valence-corrected chi connectivity index (χ1v) is 7.60. The quantitative estimate of drug-likeness (QED) is 0.646. The standard InChI is InChI=1S/C17H16FN3O3/c1-10-2-3-12(8-13(10)18)15(23)16(19-9-22)21-7-6-14(11-4-5-11)20-17(21)24/h2-3,6-9,11,16H,4-5H2,1H3,(H,19,22). The highest BCUT2D eigenvalue weighted by molar-refractivity contribution is 5.99. The number of halogens is 1. The van der Waals surface area contributed by atoms with Gasteiger partial charge in [0.25, 0.3) is 0 Å². The summed E-state index contributed by atoms with van der Waals surface area (Å²) in [5.41, 5.74) is 0.532. The van der Waals surface area contributed by atoms with Crippen LogP contribution in [0.4, 0.5) is 4.39 Å². The van der Waals surface area contributed by atoms with E-state index in [0.29, 0.717) is 23.6 Å². The van der Waals surface area contributed by atoms with Crippen molar-refractivity contribution in [1.82, 2.24) is 14.9 Å². The zero-order valence-corrected chi connectivity index (χ0v) is 13.0. The summed E-state index contributed by atoms with van der Waals surface area (Å²) in [5.74, 6) is -0.823. The molecule has 7 heteroatoms. The molecule has 1 aromatic heterocycles. The van der Waals surface area contributed by atoms with Crippen LogP contribution in [0.5, 0.6) is 0 Å². The van der Waals surface area contributed by atoms with E-state index in [1.165, 1.54) is 18.3 Å². The number of hydrogen-bond acceptors (Lipinski definition) is 4. The number of benzene rings is 1. The minimum absolute atomic E-state index is 0.0654. The summed E-state index contributed by atoms with van der Waals surface area (Å²) >= 11 is 0. The first kappa shape index (κ1) is 16.0. The minimum atomic E-state index is -1.27. The summed E-state index contributed by atoms with van der Waals surface area (Å²) in [6, 6.07) is 5.69. The molecule has 1 heterocycles. The highest BCUT2D eigenvalue weighted by Crippen LogP contribution is 2.38. The first-order valence-electron chi connectivity index (χ1n) is 7.60. The second-order valence-electron chi connectivity index (χ2n) is 5.83. The zero-order chi connectivity index (χ0) is 17.3. The number of aryl methyl sites for hydroxylation is 1. The summed E-state index contributed by atoms with van der Waals surface area (Å²) in [6.45, 7) is 1.58. The highest BCUT2D eigenvalue weighted by Gasteiger charge is 2.27. The maximum absolute atomic E-state index is 13.7. The lowest BCUT2D eigenvalue weighted by Crippen LogP contribution is -2.40. The van der Waals surface area contributed by atoms with E-state index >= 15 is 0 Å². The van der Waals surface area contributed by atoms with Gasteiger partial charge in [-0.25, -0.2) is 9.18 Å². The summed E-state index contributed by atoms with van der Waals surface area (Å²) in [5, 5.41) is 2.31. The highest BCUT2D eigenvalue weighted by atomic mass is 19.1. The molecule has 1 aromatic carbocycles. The van der Waals surface area contributed by atoms with E-state index in [9.17, 15) is 18.8 Å². The molecule has 1 aliphatic rings.